The van der Waals surface area contributed by atoms with Gasteiger partial charge in [0.05, 0.1) is 10.6 Å². The molecular weight excluding hydrogens is 355 g/mol. The van der Waals surface area contributed by atoms with Crippen molar-refractivity contribution in [3.8, 4) is 0 Å². The van der Waals surface area contributed by atoms with Crippen LogP contribution < -0.4 is 4.72 Å². The summed E-state index contributed by atoms with van der Waals surface area (Å²) in [4.78, 5) is 14.4. The summed E-state index contributed by atoms with van der Waals surface area (Å²) in [6, 6.07) is 11.2. The summed E-state index contributed by atoms with van der Waals surface area (Å²) in [5, 5.41) is 0. The van der Waals surface area contributed by atoms with Gasteiger partial charge in [0.15, 0.2) is 0 Å². The maximum absolute atomic E-state index is 13.3. The maximum atomic E-state index is 13.3. The number of hydrogen-bond acceptors (Lipinski definition) is 3. The Kier molecular flexibility index (Phi) is 5.56. The summed E-state index contributed by atoms with van der Waals surface area (Å²) in [5.41, 5.74) is 0.475. The van der Waals surface area contributed by atoms with E-state index in [0.717, 1.165) is 31.7 Å². The molecule has 0 aliphatic carbocycles. The molecule has 1 N–H and O–H groups in total. The molecule has 1 fully saturated rings. The molecule has 138 valence electrons. The van der Waals surface area contributed by atoms with Crippen LogP contribution in [0.5, 0.6) is 0 Å². The first-order valence-corrected chi connectivity index (χ1v) is 10.1. The molecule has 3 rings (SSSR count). The number of carbonyl (C=O) groups is 1. The largest absolute Gasteiger partial charge is 0.339 e. The third-order valence-electron chi connectivity index (χ3n) is 4.36. The molecule has 1 aliphatic rings. The fourth-order valence-electron chi connectivity index (χ4n) is 3.02. The second-order valence-corrected chi connectivity index (χ2v) is 8.03. The van der Waals surface area contributed by atoms with Gasteiger partial charge >= 0.3 is 0 Å². The minimum atomic E-state index is -3.91. The van der Waals surface area contributed by atoms with E-state index in [9.17, 15) is 17.6 Å². The van der Waals surface area contributed by atoms with E-state index >= 15 is 0 Å². The van der Waals surface area contributed by atoms with Gasteiger partial charge in [-0.15, -0.1) is 0 Å². The van der Waals surface area contributed by atoms with E-state index in [2.05, 4.69) is 4.72 Å². The van der Waals surface area contributed by atoms with Crippen molar-refractivity contribution in [3.63, 3.8) is 0 Å². The number of hydrogen-bond donors (Lipinski definition) is 1. The minimum absolute atomic E-state index is 0.0255. The molecule has 0 bridgehead atoms. The van der Waals surface area contributed by atoms with Gasteiger partial charge in [0, 0.05) is 18.7 Å². The second-order valence-electron chi connectivity index (χ2n) is 6.35. The maximum Gasteiger partial charge on any atom is 0.261 e. The lowest BCUT2D eigenvalue weighted by molar-refractivity contribution is 0.0761. The van der Waals surface area contributed by atoms with Crippen LogP contribution in [0.4, 0.5) is 10.1 Å². The van der Waals surface area contributed by atoms with Crippen molar-refractivity contribution in [1.82, 2.24) is 4.90 Å². The predicted molar refractivity (Wildman–Crippen MR) is 98.0 cm³/mol. The van der Waals surface area contributed by atoms with E-state index in [-0.39, 0.29) is 16.5 Å². The van der Waals surface area contributed by atoms with E-state index in [1.165, 1.54) is 30.3 Å². The topological polar surface area (TPSA) is 66.5 Å². The number of likely N-dealkylation sites (tertiary alicyclic amines) is 1. The standard InChI is InChI=1S/C19H21FN2O3S/c20-16-8-6-9-17(14-16)21-26(24,25)18-10-5-7-15(13-18)19(23)22-11-3-1-2-4-12-22/h5-10,13-14,21H,1-4,11-12H2. The minimum Gasteiger partial charge on any atom is -0.339 e. The van der Waals surface area contributed by atoms with Gasteiger partial charge in [0.2, 0.25) is 0 Å². The Morgan fingerprint density at radius 1 is 0.962 bits per heavy atom. The summed E-state index contributed by atoms with van der Waals surface area (Å²) in [6.45, 7) is 1.38. The summed E-state index contributed by atoms with van der Waals surface area (Å²) in [7, 11) is -3.91. The number of benzene rings is 2. The van der Waals surface area contributed by atoms with Crippen LogP contribution in [0.15, 0.2) is 53.4 Å². The monoisotopic (exact) mass is 376 g/mol. The van der Waals surface area contributed by atoms with Gasteiger partial charge in [0.25, 0.3) is 15.9 Å². The van der Waals surface area contributed by atoms with Crippen LogP contribution >= 0.6 is 0 Å². The first-order chi connectivity index (χ1) is 12.5. The van der Waals surface area contributed by atoms with Gasteiger partial charge in [-0.2, -0.15) is 0 Å². The highest BCUT2D eigenvalue weighted by Gasteiger charge is 2.20. The molecule has 0 aromatic heterocycles. The molecule has 2 aromatic carbocycles. The van der Waals surface area contributed by atoms with Crippen LogP contribution in [-0.4, -0.2) is 32.3 Å². The van der Waals surface area contributed by atoms with Gasteiger partial charge in [0.1, 0.15) is 5.82 Å². The Morgan fingerprint density at radius 2 is 1.65 bits per heavy atom. The van der Waals surface area contributed by atoms with E-state index < -0.39 is 15.8 Å². The average Bonchev–Trinajstić information content (AvgIpc) is 2.90. The zero-order chi connectivity index (χ0) is 18.6. The second kappa shape index (κ2) is 7.86. The highest BCUT2D eigenvalue weighted by molar-refractivity contribution is 7.92. The first-order valence-electron chi connectivity index (χ1n) is 8.63. The van der Waals surface area contributed by atoms with Crippen molar-refractivity contribution in [3.05, 3.63) is 59.9 Å². The molecule has 7 heteroatoms. The fraction of sp³-hybridized carbons (Fsp3) is 0.316. The van der Waals surface area contributed by atoms with Gasteiger partial charge in [-0.05, 0) is 49.2 Å². The molecule has 1 saturated heterocycles. The molecule has 0 spiro atoms. The van der Waals surface area contributed by atoms with Gasteiger partial charge in [-0.25, -0.2) is 12.8 Å². The quantitative estimate of drug-likeness (QED) is 0.886. The van der Waals surface area contributed by atoms with E-state index in [1.807, 2.05) is 0 Å². The van der Waals surface area contributed by atoms with Crippen LogP contribution in [0.3, 0.4) is 0 Å². The highest BCUT2D eigenvalue weighted by Crippen LogP contribution is 2.20. The first kappa shape index (κ1) is 18.4. The van der Waals surface area contributed by atoms with E-state index in [0.29, 0.717) is 18.7 Å². The van der Waals surface area contributed by atoms with Gasteiger partial charge in [-0.3, -0.25) is 9.52 Å². The molecule has 1 aliphatic heterocycles. The van der Waals surface area contributed by atoms with E-state index in [4.69, 9.17) is 0 Å². The number of rotatable bonds is 4. The number of carbonyl (C=O) groups excluding carboxylic acids is 1. The van der Waals surface area contributed by atoms with Crippen molar-refractivity contribution < 1.29 is 17.6 Å². The molecule has 1 heterocycles. The molecule has 1 amide bonds. The van der Waals surface area contributed by atoms with Crippen LogP contribution in [0.25, 0.3) is 0 Å². The Hall–Kier alpha value is -2.41. The van der Waals surface area contributed by atoms with E-state index in [1.54, 1.807) is 17.0 Å². The Balaban J connectivity index is 1.82. The lowest BCUT2D eigenvalue weighted by atomic mass is 10.2. The molecule has 0 saturated carbocycles. The van der Waals surface area contributed by atoms with Crippen molar-refractivity contribution in [1.29, 1.82) is 0 Å². The van der Waals surface area contributed by atoms with Crippen molar-refractivity contribution in [2.24, 2.45) is 0 Å². The third-order valence-corrected chi connectivity index (χ3v) is 5.74. The van der Waals surface area contributed by atoms with Gasteiger partial charge < -0.3 is 4.90 Å². The zero-order valence-electron chi connectivity index (χ0n) is 14.3. The molecule has 26 heavy (non-hydrogen) atoms. The summed E-state index contributed by atoms with van der Waals surface area (Å²) < 4.78 is 40.7. The van der Waals surface area contributed by atoms with Crippen molar-refractivity contribution in [2.75, 3.05) is 17.8 Å². The van der Waals surface area contributed by atoms with Gasteiger partial charge in [-0.1, -0.05) is 25.0 Å². The molecule has 0 radical (unpaired) electrons. The Labute approximate surface area is 152 Å². The SMILES string of the molecule is O=C(c1cccc(S(=O)(=O)Nc2cccc(F)c2)c1)N1CCCCCC1. The van der Waals surface area contributed by atoms with Crippen LogP contribution in [0, 0.1) is 5.82 Å². The summed E-state index contributed by atoms with van der Waals surface area (Å²) in [5.74, 6) is -0.690. The molecule has 0 unspecified atom stereocenters. The van der Waals surface area contributed by atoms with Crippen LogP contribution in [0.2, 0.25) is 0 Å². The summed E-state index contributed by atoms with van der Waals surface area (Å²) >= 11 is 0. The average molecular weight is 376 g/mol. The zero-order valence-corrected chi connectivity index (χ0v) is 15.1. The van der Waals surface area contributed by atoms with Crippen molar-refractivity contribution in [2.45, 2.75) is 30.6 Å². The number of nitrogens with one attached hydrogen (secondary N) is 1. The molecule has 5 nitrogen and oxygen atoms in total. The number of nitrogens with zero attached hydrogens (tertiary/aromatic N) is 1. The third kappa shape index (κ3) is 4.40. The van der Waals surface area contributed by atoms with Crippen molar-refractivity contribution >= 4 is 21.6 Å². The summed E-state index contributed by atoms with van der Waals surface area (Å²) in [6.07, 6.45) is 4.14. The normalized spacial score (nSPS) is 15.3. The lowest BCUT2D eigenvalue weighted by Crippen LogP contribution is -2.32. The molecule has 0 atom stereocenters. The Morgan fingerprint density at radius 3 is 2.35 bits per heavy atom. The smallest absolute Gasteiger partial charge is 0.261 e. The highest BCUT2D eigenvalue weighted by atomic mass is 32.2. The number of amides is 1. The predicted octanol–water partition coefficient (Wildman–Crippen LogP) is 3.64. The number of anilines is 1. The van der Waals surface area contributed by atoms with Crippen LogP contribution in [-0.2, 0) is 10.0 Å². The Bertz CT molecular complexity index is 891. The van der Waals surface area contributed by atoms with Crippen LogP contribution in [0.1, 0.15) is 36.0 Å². The fourth-order valence-corrected chi connectivity index (χ4v) is 4.11. The molecule has 2 aromatic rings. The number of sulfonamides is 1. The molecular formula is C19H21FN2O3S. The lowest BCUT2D eigenvalue weighted by Gasteiger charge is -2.20. The number of halogens is 1.